The van der Waals surface area contributed by atoms with Crippen LogP contribution < -0.4 is 10.6 Å². The molecule has 6 nitrogen and oxygen atoms in total. The molecule has 0 saturated heterocycles. The minimum Gasteiger partial charge on any atom is -0.352 e. The molecule has 1 aromatic carbocycles. The third-order valence-electron chi connectivity index (χ3n) is 3.19. The summed E-state index contributed by atoms with van der Waals surface area (Å²) < 4.78 is 1.66. The number of amides is 1. The van der Waals surface area contributed by atoms with Gasteiger partial charge in [-0.15, -0.1) is 0 Å². The maximum absolute atomic E-state index is 12.2. The zero-order valence-corrected chi connectivity index (χ0v) is 12.5. The Bertz CT molecular complexity index is 593. The van der Waals surface area contributed by atoms with E-state index in [2.05, 4.69) is 20.7 Å². The largest absolute Gasteiger partial charge is 0.352 e. The summed E-state index contributed by atoms with van der Waals surface area (Å²) in [5.41, 5.74) is 1.79. The summed E-state index contributed by atoms with van der Waals surface area (Å²) in [7, 11) is 3.73. The number of benzene rings is 1. The van der Waals surface area contributed by atoms with Gasteiger partial charge in [0.05, 0.1) is 0 Å². The number of nitrogens with zero attached hydrogens (tertiary/aromatic N) is 3. The molecule has 21 heavy (non-hydrogen) atoms. The van der Waals surface area contributed by atoms with E-state index in [1.807, 2.05) is 38.4 Å². The van der Waals surface area contributed by atoms with Gasteiger partial charge < -0.3 is 10.6 Å². The van der Waals surface area contributed by atoms with Gasteiger partial charge in [0.15, 0.2) is 5.82 Å². The van der Waals surface area contributed by atoms with E-state index in [4.69, 9.17) is 0 Å². The van der Waals surface area contributed by atoms with Crippen molar-refractivity contribution in [3.05, 3.63) is 47.5 Å². The van der Waals surface area contributed by atoms with Crippen LogP contribution in [0.1, 0.15) is 21.7 Å². The first-order chi connectivity index (χ1) is 10.2. The first-order valence-electron chi connectivity index (χ1n) is 7.06. The van der Waals surface area contributed by atoms with Crippen LogP contribution in [0, 0.1) is 0 Å². The highest BCUT2D eigenvalue weighted by atomic mass is 16.1. The summed E-state index contributed by atoms with van der Waals surface area (Å²) in [5.74, 6) is 0.693. The van der Waals surface area contributed by atoms with Crippen LogP contribution >= 0.6 is 0 Å². The molecule has 0 fully saturated rings. The maximum atomic E-state index is 12.2. The molecule has 1 amide bonds. The van der Waals surface area contributed by atoms with Crippen molar-refractivity contribution in [2.75, 3.05) is 20.1 Å². The highest BCUT2D eigenvalue weighted by Gasteiger charge is 2.10. The molecule has 1 heterocycles. The molecule has 6 heteroatoms. The first kappa shape index (κ1) is 15.2. The molecule has 0 atom stereocenters. The number of hydrogen-bond donors (Lipinski definition) is 2. The number of rotatable bonds is 7. The monoisotopic (exact) mass is 287 g/mol. The predicted octanol–water partition coefficient (Wildman–Crippen LogP) is 0.549. The molecule has 0 bridgehead atoms. The molecule has 0 radical (unpaired) electrons. The summed E-state index contributed by atoms with van der Waals surface area (Å²) in [4.78, 5) is 16.4. The summed E-state index contributed by atoms with van der Waals surface area (Å²) >= 11 is 0. The molecule has 2 N–H and O–H groups in total. The zero-order valence-electron chi connectivity index (χ0n) is 12.5. The Labute approximate surface area is 124 Å². The van der Waals surface area contributed by atoms with Gasteiger partial charge in [-0.2, -0.15) is 5.10 Å². The Balaban J connectivity index is 1.90. The SMILES string of the molecule is CNCCc1ccccc1C(=O)NCCc1ncn(C)n1. The lowest BCUT2D eigenvalue weighted by Gasteiger charge is -2.09. The van der Waals surface area contributed by atoms with Crippen LogP contribution in [0.4, 0.5) is 0 Å². The third-order valence-corrected chi connectivity index (χ3v) is 3.19. The van der Waals surface area contributed by atoms with Crippen LogP contribution in [-0.2, 0) is 19.9 Å². The molecule has 2 aromatic rings. The molecule has 0 unspecified atom stereocenters. The van der Waals surface area contributed by atoms with Crippen LogP contribution in [0.25, 0.3) is 0 Å². The van der Waals surface area contributed by atoms with E-state index in [9.17, 15) is 4.79 Å². The number of likely N-dealkylation sites (N-methyl/N-ethyl adjacent to an activating group) is 1. The van der Waals surface area contributed by atoms with E-state index in [0.29, 0.717) is 13.0 Å². The van der Waals surface area contributed by atoms with Crippen molar-refractivity contribution in [2.24, 2.45) is 7.05 Å². The van der Waals surface area contributed by atoms with E-state index < -0.39 is 0 Å². The average Bonchev–Trinajstić information content (AvgIpc) is 2.91. The standard InChI is InChI=1S/C15H21N5O/c1-16-9-7-12-5-3-4-6-13(12)15(21)17-10-8-14-18-11-20(2)19-14/h3-6,11,16H,7-10H2,1-2H3,(H,17,21). The smallest absolute Gasteiger partial charge is 0.251 e. The average molecular weight is 287 g/mol. The zero-order chi connectivity index (χ0) is 15.1. The lowest BCUT2D eigenvalue weighted by Crippen LogP contribution is -2.27. The third kappa shape index (κ3) is 4.39. The number of carbonyl (C=O) groups is 1. The van der Waals surface area contributed by atoms with E-state index in [-0.39, 0.29) is 5.91 Å². The number of aromatic nitrogens is 3. The summed E-state index contributed by atoms with van der Waals surface area (Å²) in [6.45, 7) is 1.38. The van der Waals surface area contributed by atoms with Crippen molar-refractivity contribution in [1.29, 1.82) is 0 Å². The second kappa shape index (κ2) is 7.54. The highest BCUT2D eigenvalue weighted by Crippen LogP contribution is 2.09. The van der Waals surface area contributed by atoms with Crippen molar-refractivity contribution in [3.8, 4) is 0 Å². The molecule has 0 spiro atoms. The van der Waals surface area contributed by atoms with Crippen molar-refractivity contribution >= 4 is 5.91 Å². The minimum absolute atomic E-state index is 0.0439. The normalized spacial score (nSPS) is 10.6. The van der Waals surface area contributed by atoms with E-state index in [1.54, 1.807) is 11.0 Å². The van der Waals surface area contributed by atoms with Gasteiger partial charge in [-0.3, -0.25) is 9.48 Å². The fourth-order valence-electron chi connectivity index (χ4n) is 2.10. The Morgan fingerprint density at radius 3 is 2.76 bits per heavy atom. The van der Waals surface area contributed by atoms with Crippen LogP contribution in [0.15, 0.2) is 30.6 Å². The quantitative estimate of drug-likeness (QED) is 0.780. The summed E-state index contributed by atoms with van der Waals surface area (Å²) in [6.07, 6.45) is 3.12. The Morgan fingerprint density at radius 2 is 2.05 bits per heavy atom. The number of hydrogen-bond acceptors (Lipinski definition) is 4. The molecule has 0 saturated carbocycles. The molecule has 1 aromatic heterocycles. The van der Waals surface area contributed by atoms with Gasteiger partial charge in [0, 0.05) is 25.6 Å². The van der Waals surface area contributed by atoms with Gasteiger partial charge in [0.1, 0.15) is 6.33 Å². The maximum Gasteiger partial charge on any atom is 0.251 e. The molecule has 0 aliphatic heterocycles. The van der Waals surface area contributed by atoms with Gasteiger partial charge in [0.2, 0.25) is 0 Å². The molecule has 0 aliphatic carbocycles. The van der Waals surface area contributed by atoms with E-state index >= 15 is 0 Å². The van der Waals surface area contributed by atoms with Crippen LogP contribution in [0.3, 0.4) is 0 Å². The van der Waals surface area contributed by atoms with Crippen molar-refractivity contribution in [2.45, 2.75) is 12.8 Å². The van der Waals surface area contributed by atoms with Crippen molar-refractivity contribution in [1.82, 2.24) is 25.4 Å². The van der Waals surface area contributed by atoms with E-state index in [0.717, 1.165) is 29.9 Å². The predicted molar refractivity (Wildman–Crippen MR) is 81.1 cm³/mol. The number of carbonyl (C=O) groups excluding carboxylic acids is 1. The van der Waals surface area contributed by atoms with Gasteiger partial charge in [-0.1, -0.05) is 18.2 Å². The second-order valence-corrected chi connectivity index (χ2v) is 4.85. The molecule has 2 rings (SSSR count). The van der Waals surface area contributed by atoms with Gasteiger partial charge in [-0.05, 0) is 31.6 Å². The van der Waals surface area contributed by atoms with Gasteiger partial charge >= 0.3 is 0 Å². The lowest BCUT2D eigenvalue weighted by atomic mass is 10.0. The lowest BCUT2D eigenvalue weighted by molar-refractivity contribution is 0.0953. The van der Waals surface area contributed by atoms with Crippen LogP contribution in [0.2, 0.25) is 0 Å². The molecule has 112 valence electrons. The van der Waals surface area contributed by atoms with E-state index in [1.165, 1.54) is 0 Å². The first-order valence-corrected chi connectivity index (χ1v) is 7.06. The van der Waals surface area contributed by atoms with Gasteiger partial charge in [0.25, 0.3) is 5.91 Å². The Hall–Kier alpha value is -2.21. The Morgan fingerprint density at radius 1 is 1.24 bits per heavy atom. The van der Waals surface area contributed by atoms with Crippen LogP contribution in [-0.4, -0.2) is 40.8 Å². The minimum atomic E-state index is -0.0439. The fraction of sp³-hybridized carbons (Fsp3) is 0.400. The number of aryl methyl sites for hydroxylation is 1. The molecule has 0 aliphatic rings. The molecular weight excluding hydrogens is 266 g/mol. The number of nitrogens with one attached hydrogen (secondary N) is 2. The molecular formula is C15H21N5O. The summed E-state index contributed by atoms with van der Waals surface area (Å²) in [6, 6.07) is 7.70. The Kier molecular flexibility index (Phi) is 5.45. The van der Waals surface area contributed by atoms with Crippen molar-refractivity contribution in [3.63, 3.8) is 0 Å². The van der Waals surface area contributed by atoms with Crippen LogP contribution in [0.5, 0.6) is 0 Å². The fourth-order valence-corrected chi connectivity index (χ4v) is 2.10. The van der Waals surface area contributed by atoms with Crippen molar-refractivity contribution < 1.29 is 4.79 Å². The topological polar surface area (TPSA) is 71.8 Å². The second-order valence-electron chi connectivity index (χ2n) is 4.85. The summed E-state index contributed by atoms with van der Waals surface area (Å²) in [5, 5.41) is 10.2. The highest BCUT2D eigenvalue weighted by molar-refractivity contribution is 5.95. The van der Waals surface area contributed by atoms with Gasteiger partial charge in [-0.25, -0.2) is 4.98 Å².